The van der Waals surface area contributed by atoms with Crippen LogP contribution in [0.5, 0.6) is 0 Å². The zero-order valence-electron chi connectivity index (χ0n) is 10.9. The molecule has 5 heteroatoms. The summed E-state index contributed by atoms with van der Waals surface area (Å²) in [7, 11) is 2.08. The van der Waals surface area contributed by atoms with Gasteiger partial charge in [-0.3, -0.25) is 4.90 Å². The van der Waals surface area contributed by atoms with Crippen molar-refractivity contribution in [3.8, 4) is 0 Å². The molecule has 0 amide bonds. The van der Waals surface area contributed by atoms with E-state index in [4.69, 9.17) is 0 Å². The molecule has 1 aliphatic carbocycles. The summed E-state index contributed by atoms with van der Waals surface area (Å²) in [5.74, 6) is 0.797. The van der Waals surface area contributed by atoms with Crippen molar-refractivity contribution in [1.29, 1.82) is 0 Å². The average Bonchev–Trinajstić information content (AvgIpc) is 3.11. The molecule has 1 aliphatic heterocycles. The number of nitrogens with zero attached hydrogens (tertiary/aromatic N) is 2. The van der Waals surface area contributed by atoms with Crippen LogP contribution in [0.4, 0.5) is 0 Å². The van der Waals surface area contributed by atoms with Crippen LogP contribution in [-0.4, -0.2) is 36.1 Å². The molecule has 0 atom stereocenters. The first-order valence-corrected chi connectivity index (χ1v) is 7.56. The molecule has 0 aromatic carbocycles. The minimum absolute atomic E-state index is 0. The van der Waals surface area contributed by atoms with E-state index in [9.17, 15) is 0 Å². The van der Waals surface area contributed by atoms with Crippen LogP contribution in [0.2, 0.25) is 0 Å². The summed E-state index contributed by atoms with van der Waals surface area (Å²) in [6.45, 7) is 3.59. The highest BCUT2D eigenvalue weighted by molar-refractivity contribution is 7.09. The Morgan fingerprint density at radius 3 is 2.67 bits per heavy atom. The molecule has 2 heterocycles. The summed E-state index contributed by atoms with van der Waals surface area (Å²) >= 11 is 1.85. The first-order valence-electron chi connectivity index (χ1n) is 6.68. The maximum atomic E-state index is 4.55. The lowest BCUT2D eigenvalue weighted by atomic mass is 10.1. The number of hydrogen-bond acceptors (Lipinski definition) is 4. The first-order chi connectivity index (χ1) is 8.36. The Morgan fingerprint density at radius 2 is 2.06 bits per heavy atom. The molecular formula is C13H22ClN3S. The van der Waals surface area contributed by atoms with E-state index in [-0.39, 0.29) is 12.4 Å². The lowest BCUT2D eigenvalue weighted by Gasteiger charge is -2.31. The van der Waals surface area contributed by atoms with Gasteiger partial charge < -0.3 is 5.32 Å². The number of nitrogens with one attached hydrogen (secondary N) is 1. The van der Waals surface area contributed by atoms with Gasteiger partial charge in [-0.25, -0.2) is 4.98 Å². The fraction of sp³-hybridized carbons (Fsp3) is 0.769. The smallest absolute Gasteiger partial charge is 0.0798 e. The van der Waals surface area contributed by atoms with Crippen LogP contribution >= 0.6 is 23.7 Å². The second kappa shape index (κ2) is 6.33. The van der Waals surface area contributed by atoms with Crippen molar-refractivity contribution in [1.82, 2.24) is 15.2 Å². The van der Waals surface area contributed by atoms with Crippen molar-refractivity contribution in [2.45, 2.75) is 44.2 Å². The first kappa shape index (κ1) is 14.3. The summed E-state index contributed by atoms with van der Waals surface area (Å²) in [4.78, 5) is 8.67. The molecule has 0 unspecified atom stereocenters. The third-order valence-electron chi connectivity index (χ3n) is 4.00. The fourth-order valence-corrected chi connectivity index (χ4v) is 3.56. The lowest BCUT2D eigenvalue weighted by molar-refractivity contribution is 0.195. The van der Waals surface area contributed by atoms with Crippen molar-refractivity contribution < 1.29 is 0 Å². The third kappa shape index (κ3) is 3.23. The lowest BCUT2D eigenvalue weighted by Crippen LogP contribution is -2.40. The molecule has 0 spiro atoms. The number of likely N-dealkylation sites (tertiary alicyclic amines) is 1. The number of aromatic nitrogens is 1. The van der Waals surface area contributed by atoms with Crippen LogP contribution in [0.15, 0.2) is 5.51 Å². The van der Waals surface area contributed by atoms with Gasteiger partial charge in [0.2, 0.25) is 0 Å². The topological polar surface area (TPSA) is 28.2 Å². The second-order valence-electron chi connectivity index (χ2n) is 5.27. The van der Waals surface area contributed by atoms with E-state index >= 15 is 0 Å². The molecule has 102 valence electrons. The molecule has 1 aromatic heterocycles. The van der Waals surface area contributed by atoms with Crippen molar-refractivity contribution >= 4 is 23.7 Å². The Morgan fingerprint density at radius 1 is 1.33 bits per heavy atom. The van der Waals surface area contributed by atoms with Crippen LogP contribution in [0.3, 0.4) is 0 Å². The Balaban J connectivity index is 0.00000120. The number of piperidine rings is 1. The molecule has 3 nitrogen and oxygen atoms in total. The summed E-state index contributed by atoms with van der Waals surface area (Å²) in [6.07, 6.45) is 5.29. The van der Waals surface area contributed by atoms with E-state index in [1.807, 2.05) is 16.8 Å². The third-order valence-corrected chi connectivity index (χ3v) is 4.83. The van der Waals surface area contributed by atoms with Gasteiger partial charge in [-0.15, -0.1) is 23.7 Å². The highest BCUT2D eigenvalue weighted by Gasteiger charge is 2.29. The normalized spacial score (nSPS) is 21.8. The zero-order valence-corrected chi connectivity index (χ0v) is 12.5. The van der Waals surface area contributed by atoms with Crippen molar-refractivity contribution in [2.24, 2.45) is 0 Å². The van der Waals surface area contributed by atoms with E-state index in [1.165, 1.54) is 49.3 Å². The van der Waals surface area contributed by atoms with E-state index in [0.717, 1.165) is 18.5 Å². The Kier molecular flexibility index (Phi) is 5.01. The minimum atomic E-state index is 0. The zero-order chi connectivity index (χ0) is 11.7. The van der Waals surface area contributed by atoms with Gasteiger partial charge in [-0.1, -0.05) is 0 Å². The average molecular weight is 288 g/mol. The largest absolute Gasteiger partial charge is 0.317 e. The molecule has 0 bridgehead atoms. The molecule has 2 aliphatic rings. The Bertz CT molecular complexity index is 370. The summed E-state index contributed by atoms with van der Waals surface area (Å²) in [6, 6.07) is 0.732. The predicted octanol–water partition coefficient (Wildman–Crippen LogP) is 2.63. The standard InChI is InChI=1S/C13H21N3S.ClH/c1-14-11-4-6-16(7-5-11)8-12-13(10-2-3-10)15-9-17-12;/h9-11,14H,2-8H2,1H3;1H. The maximum Gasteiger partial charge on any atom is 0.0798 e. The monoisotopic (exact) mass is 287 g/mol. The SMILES string of the molecule is CNC1CCN(Cc2scnc2C2CC2)CC1.Cl. The van der Waals surface area contributed by atoms with Crippen LogP contribution in [-0.2, 0) is 6.54 Å². The van der Waals surface area contributed by atoms with Gasteiger partial charge in [-0.2, -0.15) is 0 Å². The quantitative estimate of drug-likeness (QED) is 0.923. The van der Waals surface area contributed by atoms with E-state index in [0.29, 0.717) is 0 Å². The van der Waals surface area contributed by atoms with E-state index in [1.54, 1.807) is 0 Å². The van der Waals surface area contributed by atoms with Gasteiger partial charge in [0.05, 0.1) is 11.2 Å². The highest BCUT2D eigenvalue weighted by atomic mass is 35.5. The molecule has 1 N–H and O–H groups in total. The number of hydrogen-bond donors (Lipinski definition) is 1. The molecule has 1 aromatic rings. The fourth-order valence-electron chi connectivity index (χ4n) is 2.67. The van der Waals surface area contributed by atoms with Crippen LogP contribution < -0.4 is 5.32 Å². The second-order valence-corrected chi connectivity index (χ2v) is 6.21. The molecule has 2 fully saturated rings. The van der Waals surface area contributed by atoms with Crippen LogP contribution in [0.1, 0.15) is 42.2 Å². The summed E-state index contributed by atoms with van der Waals surface area (Å²) in [5, 5.41) is 3.39. The Hall–Kier alpha value is -0.160. The Labute approximate surface area is 119 Å². The van der Waals surface area contributed by atoms with Crippen LogP contribution in [0, 0.1) is 0 Å². The van der Waals surface area contributed by atoms with Crippen LogP contribution in [0.25, 0.3) is 0 Å². The van der Waals surface area contributed by atoms with Crippen molar-refractivity contribution in [2.75, 3.05) is 20.1 Å². The minimum Gasteiger partial charge on any atom is -0.317 e. The molecule has 18 heavy (non-hydrogen) atoms. The van der Waals surface area contributed by atoms with Crippen molar-refractivity contribution in [3.63, 3.8) is 0 Å². The van der Waals surface area contributed by atoms with Gasteiger partial charge in [-0.05, 0) is 32.7 Å². The molecule has 1 saturated carbocycles. The number of thiazole rings is 1. The summed E-state index contributed by atoms with van der Waals surface area (Å²) in [5.41, 5.74) is 3.44. The van der Waals surface area contributed by atoms with Gasteiger partial charge in [0.15, 0.2) is 0 Å². The molecule has 3 rings (SSSR count). The van der Waals surface area contributed by atoms with E-state index < -0.39 is 0 Å². The predicted molar refractivity (Wildman–Crippen MR) is 78.7 cm³/mol. The van der Waals surface area contributed by atoms with Crippen molar-refractivity contribution in [3.05, 3.63) is 16.1 Å². The number of halogens is 1. The van der Waals surface area contributed by atoms with Gasteiger partial charge in [0, 0.05) is 36.5 Å². The van der Waals surface area contributed by atoms with Gasteiger partial charge in [0.1, 0.15) is 0 Å². The molecule has 1 saturated heterocycles. The molecular weight excluding hydrogens is 266 g/mol. The van der Waals surface area contributed by atoms with Gasteiger partial charge in [0.25, 0.3) is 0 Å². The highest BCUT2D eigenvalue weighted by Crippen LogP contribution is 2.42. The number of rotatable bonds is 4. The van der Waals surface area contributed by atoms with E-state index in [2.05, 4.69) is 22.2 Å². The van der Waals surface area contributed by atoms with Gasteiger partial charge >= 0.3 is 0 Å². The maximum absolute atomic E-state index is 4.55. The summed E-state index contributed by atoms with van der Waals surface area (Å²) < 4.78 is 0. The molecule has 0 radical (unpaired) electrons.